The molecule has 0 unspecified atom stereocenters. The lowest BCUT2D eigenvalue weighted by molar-refractivity contribution is 0.176. The van der Waals surface area contributed by atoms with Crippen LogP contribution in [0.15, 0.2) is 30.7 Å². The molecule has 1 aromatic rings. The van der Waals surface area contributed by atoms with E-state index in [4.69, 9.17) is 5.11 Å². The molecule has 1 aliphatic rings. The second kappa shape index (κ2) is 3.33. The maximum atomic E-state index is 10.7. The van der Waals surface area contributed by atoms with E-state index in [1.807, 2.05) is 12.1 Å². The number of fused-ring (bicyclic) bond motifs is 1. The van der Waals surface area contributed by atoms with Gasteiger partial charge in [-0.2, -0.15) is 0 Å². The summed E-state index contributed by atoms with van der Waals surface area (Å²) in [7, 11) is 0. The average Bonchev–Trinajstić information content (AvgIpc) is 2.39. The molecule has 0 atom stereocenters. The Labute approximate surface area is 80.8 Å². The number of hydrogen-bond acceptors (Lipinski definition) is 2. The highest BCUT2D eigenvalue weighted by Crippen LogP contribution is 2.14. The molecule has 0 saturated carbocycles. The minimum absolute atomic E-state index is 0.771. The Hall–Kier alpha value is -2.10. The van der Waals surface area contributed by atoms with E-state index in [0.29, 0.717) is 0 Å². The van der Waals surface area contributed by atoms with Crippen molar-refractivity contribution in [2.45, 2.75) is 0 Å². The molecule has 1 amide bonds. The maximum Gasteiger partial charge on any atom is 0.415 e. The second-order valence-electron chi connectivity index (χ2n) is 2.80. The Bertz CT molecular complexity index is 391. The molecular formula is C10H8N2O2. The zero-order valence-electron chi connectivity index (χ0n) is 7.29. The number of aromatic nitrogens is 1. The van der Waals surface area contributed by atoms with Crippen molar-refractivity contribution in [1.29, 1.82) is 0 Å². The lowest BCUT2D eigenvalue weighted by Crippen LogP contribution is -2.15. The summed E-state index contributed by atoms with van der Waals surface area (Å²) in [6, 6.07) is 3.70. The fraction of sp³-hybridized carbons (Fsp3) is 0. The van der Waals surface area contributed by atoms with Crippen LogP contribution < -0.4 is 0 Å². The molecule has 0 saturated heterocycles. The molecule has 0 fully saturated rings. The van der Waals surface area contributed by atoms with Crippen LogP contribution >= 0.6 is 0 Å². The molecule has 1 aromatic heterocycles. The monoisotopic (exact) mass is 188 g/mol. The van der Waals surface area contributed by atoms with Crippen LogP contribution in [0.3, 0.4) is 0 Å². The van der Waals surface area contributed by atoms with Gasteiger partial charge in [0.2, 0.25) is 0 Å². The van der Waals surface area contributed by atoms with Crippen LogP contribution in [-0.4, -0.2) is 21.1 Å². The quantitative estimate of drug-likeness (QED) is 0.677. The molecule has 0 bridgehead atoms. The molecule has 1 aliphatic heterocycles. The van der Waals surface area contributed by atoms with Crippen LogP contribution in [-0.2, 0) is 0 Å². The van der Waals surface area contributed by atoms with Crippen molar-refractivity contribution in [2.75, 3.05) is 0 Å². The molecule has 0 radical (unpaired) electrons. The lowest BCUT2D eigenvalue weighted by atomic mass is 10.2. The van der Waals surface area contributed by atoms with E-state index < -0.39 is 6.09 Å². The zero-order valence-corrected chi connectivity index (χ0v) is 7.29. The first-order valence-corrected chi connectivity index (χ1v) is 4.10. The highest BCUT2D eigenvalue weighted by molar-refractivity contribution is 5.74. The van der Waals surface area contributed by atoms with Crippen LogP contribution in [0.5, 0.6) is 0 Å². The number of pyridine rings is 1. The molecule has 2 heterocycles. The number of carbonyl (C=O) groups is 1. The molecule has 0 spiro atoms. The third kappa shape index (κ3) is 1.50. The van der Waals surface area contributed by atoms with Gasteiger partial charge in [0, 0.05) is 24.2 Å². The summed E-state index contributed by atoms with van der Waals surface area (Å²) in [4.78, 5) is 15.9. The predicted octanol–water partition coefficient (Wildman–Crippen LogP) is 2.02. The Balaban J connectivity index is 2.42. The van der Waals surface area contributed by atoms with Gasteiger partial charge in [-0.05, 0) is 18.2 Å². The molecule has 4 nitrogen and oxygen atoms in total. The van der Waals surface area contributed by atoms with Crippen molar-refractivity contribution in [2.24, 2.45) is 0 Å². The van der Waals surface area contributed by atoms with Crippen LogP contribution in [0.25, 0.3) is 12.2 Å². The molecule has 14 heavy (non-hydrogen) atoms. The summed E-state index contributed by atoms with van der Waals surface area (Å²) in [5.74, 6) is 0. The summed E-state index contributed by atoms with van der Waals surface area (Å²) in [6.45, 7) is 0. The van der Waals surface area contributed by atoms with Crippen LogP contribution in [0.1, 0.15) is 11.3 Å². The third-order valence-electron chi connectivity index (χ3n) is 1.90. The average molecular weight is 188 g/mol. The van der Waals surface area contributed by atoms with Gasteiger partial charge in [0.1, 0.15) is 0 Å². The summed E-state index contributed by atoms with van der Waals surface area (Å²) < 4.78 is 0. The van der Waals surface area contributed by atoms with Crippen LogP contribution in [0.2, 0.25) is 0 Å². The van der Waals surface area contributed by atoms with E-state index in [2.05, 4.69) is 4.98 Å². The van der Waals surface area contributed by atoms with E-state index in [9.17, 15) is 4.79 Å². The van der Waals surface area contributed by atoms with E-state index in [1.54, 1.807) is 18.3 Å². The molecule has 1 N–H and O–H groups in total. The number of hydrogen-bond donors (Lipinski definition) is 1. The van der Waals surface area contributed by atoms with E-state index in [1.165, 1.54) is 12.4 Å². The summed E-state index contributed by atoms with van der Waals surface area (Å²) in [5, 5.41) is 8.75. The minimum Gasteiger partial charge on any atom is -0.464 e. The normalized spacial score (nSPS) is 13.6. The molecule has 4 heteroatoms. The van der Waals surface area contributed by atoms with Gasteiger partial charge in [0.15, 0.2) is 0 Å². The molecule has 2 rings (SSSR count). The minimum atomic E-state index is -1.01. The van der Waals surface area contributed by atoms with E-state index in [0.717, 1.165) is 16.2 Å². The standard InChI is InChI=1S/C10H8N2O2/c13-10(14)12-6-3-8-2-1-5-11-9(8)4-7-12/h1-7H,(H,13,14). The third-order valence-corrected chi connectivity index (χ3v) is 1.90. The second-order valence-corrected chi connectivity index (χ2v) is 2.80. The molecular weight excluding hydrogens is 180 g/mol. The number of nitrogens with zero attached hydrogens (tertiary/aromatic N) is 2. The first kappa shape index (κ1) is 8.50. The van der Waals surface area contributed by atoms with Gasteiger partial charge in [-0.3, -0.25) is 9.88 Å². The van der Waals surface area contributed by atoms with Crippen molar-refractivity contribution in [3.05, 3.63) is 42.0 Å². The first-order chi connectivity index (χ1) is 6.77. The lowest BCUT2D eigenvalue weighted by Gasteiger charge is -2.04. The SMILES string of the molecule is O=C(O)N1C=Cc2cccnc2C=C1. The smallest absolute Gasteiger partial charge is 0.415 e. The molecule has 70 valence electrons. The number of carboxylic acid groups (broad SMARTS) is 1. The largest absolute Gasteiger partial charge is 0.464 e. The van der Waals surface area contributed by atoms with Gasteiger partial charge in [0.25, 0.3) is 0 Å². The highest BCUT2D eigenvalue weighted by atomic mass is 16.4. The Morgan fingerprint density at radius 2 is 2.14 bits per heavy atom. The summed E-state index contributed by atoms with van der Waals surface area (Å²) in [5.41, 5.74) is 1.68. The van der Waals surface area contributed by atoms with E-state index >= 15 is 0 Å². The van der Waals surface area contributed by atoms with Gasteiger partial charge in [-0.25, -0.2) is 4.79 Å². The topological polar surface area (TPSA) is 53.4 Å². The fourth-order valence-electron chi connectivity index (χ4n) is 1.20. The van der Waals surface area contributed by atoms with Gasteiger partial charge in [-0.1, -0.05) is 6.07 Å². The highest BCUT2D eigenvalue weighted by Gasteiger charge is 2.07. The van der Waals surface area contributed by atoms with Crippen LogP contribution in [0.4, 0.5) is 4.79 Å². The van der Waals surface area contributed by atoms with Crippen molar-refractivity contribution >= 4 is 18.2 Å². The first-order valence-electron chi connectivity index (χ1n) is 4.10. The van der Waals surface area contributed by atoms with Crippen LogP contribution in [0, 0.1) is 0 Å². The fourth-order valence-corrected chi connectivity index (χ4v) is 1.20. The Kier molecular flexibility index (Phi) is 2.02. The van der Waals surface area contributed by atoms with Crippen molar-refractivity contribution in [3.63, 3.8) is 0 Å². The number of rotatable bonds is 0. The predicted molar refractivity (Wildman–Crippen MR) is 52.2 cm³/mol. The maximum absolute atomic E-state index is 10.7. The van der Waals surface area contributed by atoms with Gasteiger partial charge in [-0.15, -0.1) is 0 Å². The zero-order chi connectivity index (χ0) is 9.97. The Morgan fingerprint density at radius 3 is 2.93 bits per heavy atom. The van der Waals surface area contributed by atoms with Crippen molar-refractivity contribution < 1.29 is 9.90 Å². The van der Waals surface area contributed by atoms with Gasteiger partial charge in [0.05, 0.1) is 5.69 Å². The Morgan fingerprint density at radius 1 is 1.36 bits per heavy atom. The van der Waals surface area contributed by atoms with Gasteiger partial charge < -0.3 is 5.11 Å². The summed E-state index contributed by atoms with van der Waals surface area (Å²) >= 11 is 0. The molecule has 0 aromatic carbocycles. The van der Waals surface area contributed by atoms with Crippen molar-refractivity contribution in [1.82, 2.24) is 9.88 Å². The van der Waals surface area contributed by atoms with E-state index in [-0.39, 0.29) is 0 Å². The molecule has 0 aliphatic carbocycles. The number of amides is 1. The van der Waals surface area contributed by atoms with Gasteiger partial charge >= 0.3 is 6.09 Å². The summed E-state index contributed by atoms with van der Waals surface area (Å²) in [6.07, 6.45) is 7.02. The van der Waals surface area contributed by atoms with Crippen molar-refractivity contribution in [3.8, 4) is 0 Å².